The van der Waals surface area contributed by atoms with Crippen molar-refractivity contribution in [1.29, 1.82) is 0 Å². The van der Waals surface area contributed by atoms with Gasteiger partial charge in [0.1, 0.15) is 12.4 Å². The van der Waals surface area contributed by atoms with Crippen LogP contribution in [-0.4, -0.2) is 68.4 Å². The molecule has 30 heavy (non-hydrogen) atoms. The van der Waals surface area contributed by atoms with E-state index in [1.807, 2.05) is 24.0 Å². The van der Waals surface area contributed by atoms with Crippen LogP contribution in [0.15, 0.2) is 34.2 Å². The summed E-state index contributed by atoms with van der Waals surface area (Å²) in [6, 6.07) is 4.11. The monoisotopic (exact) mass is 415 g/mol. The molecule has 0 saturated heterocycles. The molecule has 2 aliphatic heterocycles. The zero-order chi connectivity index (χ0) is 21.3. The molecule has 1 aliphatic carbocycles. The third-order valence-electron chi connectivity index (χ3n) is 5.93. The first kappa shape index (κ1) is 20.5. The van der Waals surface area contributed by atoms with E-state index < -0.39 is 0 Å². The molecule has 1 fully saturated rings. The van der Waals surface area contributed by atoms with E-state index in [1.165, 1.54) is 0 Å². The summed E-state index contributed by atoms with van der Waals surface area (Å²) < 4.78 is 22.4. The van der Waals surface area contributed by atoms with E-state index in [0.29, 0.717) is 42.9 Å². The highest BCUT2D eigenvalue weighted by molar-refractivity contribution is 6.04. The Labute approximate surface area is 176 Å². The third-order valence-corrected chi connectivity index (χ3v) is 5.93. The molecule has 1 aromatic rings. The molecule has 162 valence electrons. The molecule has 8 heteroatoms. The summed E-state index contributed by atoms with van der Waals surface area (Å²) >= 11 is 0. The second-order valence-corrected chi connectivity index (χ2v) is 7.60. The second kappa shape index (κ2) is 8.55. The van der Waals surface area contributed by atoms with E-state index in [0.717, 1.165) is 29.8 Å². The van der Waals surface area contributed by atoms with Crippen molar-refractivity contribution in [2.45, 2.75) is 44.2 Å². The van der Waals surface area contributed by atoms with E-state index in [1.54, 1.807) is 27.5 Å². The van der Waals surface area contributed by atoms with E-state index in [-0.39, 0.29) is 18.1 Å². The second-order valence-electron chi connectivity index (χ2n) is 7.60. The van der Waals surface area contributed by atoms with Crippen LogP contribution in [0.25, 0.3) is 0 Å². The summed E-state index contributed by atoms with van der Waals surface area (Å²) in [4.78, 5) is 11.4. The fraction of sp³-hybridized carbons (Fsp3) is 0.545. The van der Waals surface area contributed by atoms with Crippen molar-refractivity contribution in [3.05, 3.63) is 35.3 Å². The first-order valence-corrected chi connectivity index (χ1v) is 10.3. The predicted molar refractivity (Wildman–Crippen MR) is 113 cm³/mol. The fourth-order valence-corrected chi connectivity index (χ4v) is 4.48. The summed E-state index contributed by atoms with van der Waals surface area (Å²) in [5.74, 6) is 3.47. The largest absolute Gasteiger partial charge is 0.493 e. The number of aliphatic hydroxyl groups excluding tert-OH is 1. The minimum atomic E-state index is -0.315. The molecule has 2 heterocycles. The Balaban J connectivity index is 1.84. The van der Waals surface area contributed by atoms with Crippen LogP contribution >= 0.6 is 0 Å². The van der Waals surface area contributed by atoms with Crippen LogP contribution < -0.4 is 9.47 Å². The number of aliphatic imine (C=N–C) groups is 2. The molecule has 3 aliphatic rings. The zero-order valence-corrected chi connectivity index (χ0v) is 17.9. The van der Waals surface area contributed by atoms with Gasteiger partial charge in [-0.3, -0.25) is 9.89 Å². The average Bonchev–Trinajstić information content (AvgIpc) is 2.78. The molecule has 0 aromatic heterocycles. The zero-order valence-electron chi connectivity index (χ0n) is 17.9. The quantitative estimate of drug-likeness (QED) is 0.814. The summed E-state index contributed by atoms with van der Waals surface area (Å²) in [5.41, 5.74) is 2.07. The van der Waals surface area contributed by atoms with Crippen molar-refractivity contribution in [3.63, 3.8) is 0 Å². The van der Waals surface area contributed by atoms with Gasteiger partial charge >= 0.3 is 0 Å². The standard InChI is InChI=1S/C22H29N3O5/c1-5-30-19-9-14-15-8-13(26)6-7-17(15)24-22(16(14)10-18(19)27-2)25-12-20(28-3)23-11-21(25)29-4/h9-11,13,15,17,26H,5-8,12H2,1-4H3/t13-,15-,17-/m1/s1. The first-order chi connectivity index (χ1) is 14.6. The number of hydrogen-bond donors (Lipinski definition) is 1. The first-order valence-electron chi connectivity index (χ1n) is 10.3. The lowest BCUT2D eigenvalue weighted by molar-refractivity contribution is 0.110. The SMILES string of the molecule is CCOc1cc2c(cc1OC)C(N1CC(OC)=NC=C1OC)=N[C@@H]1CC[C@@H](O)C[C@H]21. The van der Waals surface area contributed by atoms with Crippen LogP contribution in [0, 0.1) is 0 Å². The Morgan fingerprint density at radius 2 is 1.93 bits per heavy atom. The van der Waals surface area contributed by atoms with Crippen molar-refractivity contribution in [3.8, 4) is 11.5 Å². The maximum atomic E-state index is 10.3. The van der Waals surface area contributed by atoms with Crippen molar-refractivity contribution in [1.82, 2.24) is 4.90 Å². The van der Waals surface area contributed by atoms with Gasteiger partial charge in [-0.2, -0.15) is 0 Å². The Hall–Kier alpha value is -2.74. The number of rotatable bonds is 4. The Morgan fingerprint density at radius 1 is 1.10 bits per heavy atom. The van der Waals surface area contributed by atoms with Gasteiger partial charge in [0.05, 0.1) is 46.3 Å². The summed E-state index contributed by atoms with van der Waals surface area (Å²) in [6.45, 7) is 2.92. The van der Waals surface area contributed by atoms with E-state index in [2.05, 4.69) is 4.99 Å². The number of methoxy groups -OCH3 is 3. The van der Waals surface area contributed by atoms with Crippen LogP contribution in [0.3, 0.4) is 0 Å². The number of benzene rings is 1. The molecular formula is C22H29N3O5. The van der Waals surface area contributed by atoms with Crippen LogP contribution in [-0.2, 0) is 9.47 Å². The molecule has 3 atom stereocenters. The van der Waals surface area contributed by atoms with Gasteiger partial charge in [0.25, 0.3) is 0 Å². The fourth-order valence-electron chi connectivity index (χ4n) is 4.48. The molecule has 1 aromatic carbocycles. The molecule has 8 nitrogen and oxygen atoms in total. The van der Waals surface area contributed by atoms with Gasteiger partial charge < -0.3 is 24.1 Å². The maximum Gasteiger partial charge on any atom is 0.214 e. The highest BCUT2D eigenvalue weighted by Gasteiger charge is 2.39. The molecule has 1 N–H and O–H groups in total. The topological polar surface area (TPSA) is 85.1 Å². The van der Waals surface area contributed by atoms with Gasteiger partial charge in [-0.1, -0.05) is 0 Å². The summed E-state index contributed by atoms with van der Waals surface area (Å²) in [6.07, 6.45) is 3.59. The van der Waals surface area contributed by atoms with Gasteiger partial charge in [-0.25, -0.2) is 4.99 Å². The number of hydrogen-bond acceptors (Lipinski definition) is 8. The number of ether oxygens (including phenoxy) is 4. The van der Waals surface area contributed by atoms with Gasteiger partial charge in [0.2, 0.25) is 11.8 Å². The molecule has 0 unspecified atom stereocenters. The number of nitrogens with zero attached hydrogens (tertiary/aromatic N) is 3. The maximum absolute atomic E-state index is 10.3. The third kappa shape index (κ3) is 3.60. The van der Waals surface area contributed by atoms with Gasteiger partial charge in [0.15, 0.2) is 11.5 Å². The molecule has 0 bridgehead atoms. The molecule has 1 saturated carbocycles. The van der Waals surface area contributed by atoms with Crippen LogP contribution in [0.5, 0.6) is 11.5 Å². The molecule has 0 amide bonds. The minimum Gasteiger partial charge on any atom is -0.493 e. The van der Waals surface area contributed by atoms with Gasteiger partial charge in [0, 0.05) is 11.5 Å². The van der Waals surface area contributed by atoms with Crippen molar-refractivity contribution < 1.29 is 24.1 Å². The number of amidine groups is 1. The predicted octanol–water partition coefficient (Wildman–Crippen LogP) is 2.66. The van der Waals surface area contributed by atoms with Crippen molar-refractivity contribution >= 4 is 11.7 Å². The van der Waals surface area contributed by atoms with E-state index in [4.69, 9.17) is 23.9 Å². The smallest absolute Gasteiger partial charge is 0.214 e. The average molecular weight is 415 g/mol. The lowest BCUT2D eigenvalue weighted by Crippen LogP contribution is -2.43. The molecule has 0 spiro atoms. The van der Waals surface area contributed by atoms with Crippen LogP contribution in [0.1, 0.15) is 43.2 Å². The van der Waals surface area contributed by atoms with Crippen molar-refractivity contribution in [2.75, 3.05) is 34.5 Å². The Kier molecular flexibility index (Phi) is 5.85. The van der Waals surface area contributed by atoms with Gasteiger partial charge in [-0.05, 0) is 43.9 Å². The summed E-state index contributed by atoms with van der Waals surface area (Å²) in [5, 5.41) is 10.3. The summed E-state index contributed by atoms with van der Waals surface area (Å²) in [7, 11) is 4.86. The van der Waals surface area contributed by atoms with Crippen molar-refractivity contribution in [2.24, 2.45) is 9.98 Å². The molecular weight excluding hydrogens is 386 g/mol. The highest BCUT2D eigenvalue weighted by Crippen LogP contribution is 2.45. The number of aliphatic hydroxyl groups is 1. The molecule has 4 rings (SSSR count). The van der Waals surface area contributed by atoms with Crippen LogP contribution in [0.2, 0.25) is 0 Å². The lowest BCUT2D eigenvalue weighted by Gasteiger charge is -2.40. The molecule has 0 radical (unpaired) electrons. The lowest BCUT2D eigenvalue weighted by atomic mass is 9.75. The minimum absolute atomic E-state index is 0.0849. The Morgan fingerprint density at radius 3 is 2.63 bits per heavy atom. The number of fused-ring (bicyclic) bond motifs is 3. The normalized spacial score (nSPS) is 25.3. The van der Waals surface area contributed by atoms with E-state index in [9.17, 15) is 5.11 Å². The van der Waals surface area contributed by atoms with E-state index >= 15 is 0 Å². The van der Waals surface area contributed by atoms with Gasteiger partial charge in [-0.15, -0.1) is 0 Å². The highest BCUT2D eigenvalue weighted by atomic mass is 16.5. The Bertz CT molecular complexity index is 895. The van der Waals surface area contributed by atoms with Crippen LogP contribution in [0.4, 0.5) is 0 Å².